The Morgan fingerprint density at radius 2 is 1.52 bits per heavy atom. The summed E-state index contributed by atoms with van der Waals surface area (Å²) in [7, 11) is 0. The first-order chi connectivity index (χ1) is 13.6. The molecule has 0 aromatic carbocycles. The lowest BCUT2D eigenvalue weighted by Gasteiger charge is -2.33. The van der Waals surface area contributed by atoms with Crippen molar-refractivity contribution in [2.75, 3.05) is 13.1 Å². The van der Waals surface area contributed by atoms with Gasteiger partial charge in [-0.05, 0) is 39.5 Å². The molecule has 0 aromatic heterocycles. The molecule has 0 aliphatic carbocycles. The van der Waals surface area contributed by atoms with Gasteiger partial charge in [-0.2, -0.15) is 0 Å². The van der Waals surface area contributed by atoms with Crippen molar-refractivity contribution in [1.29, 1.82) is 0 Å². The molecule has 0 aromatic rings. The third-order valence-electron chi connectivity index (χ3n) is 5.55. The number of hydrogen-bond acceptors (Lipinski definition) is 7. The molecular formula is C18H31N5O6. The van der Waals surface area contributed by atoms with E-state index in [9.17, 15) is 29.4 Å². The second-order valence-corrected chi connectivity index (χ2v) is 7.77. The highest BCUT2D eigenvalue weighted by Crippen LogP contribution is 2.25. The number of primary amides is 1. The minimum Gasteiger partial charge on any atom is -0.391 e. The number of nitrogens with one attached hydrogen (secondary N) is 1. The van der Waals surface area contributed by atoms with E-state index < -0.39 is 54.1 Å². The van der Waals surface area contributed by atoms with E-state index in [1.165, 1.54) is 23.6 Å². The van der Waals surface area contributed by atoms with Crippen LogP contribution >= 0.6 is 0 Å². The number of aliphatic hydroxyl groups excluding tert-OH is 2. The lowest BCUT2D eigenvalue weighted by atomic mass is 10.1. The van der Waals surface area contributed by atoms with Crippen molar-refractivity contribution >= 4 is 23.6 Å². The van der Waals surface area contributed by atoms with Gasteiger partial charge in [0.25, 0.3) is 0 Å². The summed E-state index contributed by atoms with van der Waals surface area (Å²) in [6.45, 7) is 3.44. The number of nitrogens with zero attached hydrogens (tertiary/aromatic N) is 2. The van der Waals surface area contributed by atoms with Crippen LogP contribution in [-0.2, 0) is 19.2 Å². The van der Waals surface area contributed by atoms with Crippen molar-refractivity contribution in [3.05, 3.63) is 0 Å². The number of carbonyl (C=O) groups excluding carboxylic acids is 4. The van der Waals surface area contributed by atoms with Crippen LogP contribution in [0.25, 0.3) is 0 Å². The van der Waals surface area contributed by atoms with Crippen LogP contribution in [0, 0.1) is 0 Å². The zero-order chi connectivity index (χ0) is 21.9. The summed E-state index contributed by atoms with van der Waals surface area (Å²) < 4.78 is 0. The molecule has 7 N–H and O–H groups in total. The van der Waals surface area contributed by atoms with Crippen molar-refractivity contribution in [2.24, 2.45) is 11.5 Å². The highest BCUT2D eigenvalue weighted by atomic mass is 16.3. The number of hydrogen-bond donors (Lipinski definition) is 5. The summed E-state index contributed by atoms with van der Waals surface area (Å²) in [4.78, 5) is 52.5. The number of aliphatic hydroxyl groups is 2. The molecule has 2 rings (SSSR count). The molecule has 4 amide bonds. The van der Waals surface area contributed by atoms with Gasteiger partial charge in [0.05, 0.1) is 12.2 Å². The lowest BCUT2D eigenvalue weighted by Crippen LogP contribution is -2.58. The zero-order valence-electron chi connectivity index (χ0n) is 16.8. The second-order valence-electron chi connectivity index (χ2n) is 7.77. The second kappa shape index (κ2) is 9.51. The molecule has 2 aliphatic heterocycles. The van der Waals surface area contributed by atoms with Gasteiger partial charge in [-0.25, -0.2) is 0 Å². The van der Waals surface area contributed by atoms with Crippen molar-refractivity contribution in [3.8, 4) is 0 Å². The quantitative estimate of drug-likeness (QED) is 0.295. The fraction of sp³-hybridized carbons (Fsp3) is 0.778. The molecule has 0 radical (unpaired) electrons. The molecule has 0 spiro atoms. The summed E-state index contributed by atoms with van der Waals surface area (Å²) in [5, 5.41) is 21.6. The highest BCUT2D eigenvalue weighted by molar-refractivity contribution is 5.95. The maximum Gasteiger partial charge on any atom is 0.246 e. The van der Waals surface area contributed by atoms with E-state index in [2.05, 4.69) is 5.32 Å². The van der Waals surface area contributed by atoms with E-state index in [-0.39, 0.29) is 5.91 Å². The Bertz CT molecular complexity index is 655. The molecule has 164 valence electrons. The van der Waals surface area contributed by atoms with Crippen LogP contribution in [0.2, 0.25) is 0 Å². The van der Waals surface area contributed by atoms with E-state index in [0.29, 0.717) is 38.8 Å². The molecule has 11 nitrogen and oxygen atoms in total. The molecule has 2 aliphatic rings. The first kappa shape index (κ1) is 23.0. The number of amides is 4. The lowest BCUT2D eigenvalue weighted by molar-refractivity contribution is -0.148. The Morgan fingerprint density at radius 1 is 0.966 bits per heavy atom. The predicted octanol–water partition coefficient (Wildman–Crippen LogP) is -2.97. The first-order valence-electron chi connectivity index (χ1n) is 9.88. The normalized spacial score (nSPS) is 26.0. The highest BCUT2D eigenvalue weighted by Gasteiger charge is 2.43. The first-order valence-corrected chi connectivity index (χ1v) is 9.88. The van der Waals surface area contributed by atoms with E-state index in [1.807, 2.05) is 0 Å². The number of nitrogens with two attached hydrogens (primary N) is 2. The molecule has 0 bridgehead atoms. The van der Waals surface area contributed by atoms with E-state index in [0.717, 1.165) is 0 Å². The van der Waals surface area contributed by atoms with Crippen molar-refractivity contribution in [2.45, 2.75) is 75.9 Å². The average molecular weight is 413 g/mol. The van der Waals surface area contributed by atoms with Gasteiger partial charge in [0, 0.05) is 13.1 Å². The average Bonchev–Trinajstić information content (AvgIpc) is 3.32. The van der Waals surface area contributed by atoms with Crippen LogP contribution in [0.1, 0.15) is 39.5 Å². The van der Waals surface area contributed by atoms with Gasteiger partial charge in [-0.15, -0.1) is 0 Å². The summed E-state index contributed by atoms with van der Waals surface area (Å²) >= 11 is 0. The van der Waals surface area contributed by atoms with E-state index in [4.69, 9.17) is 11.5 Å². The molecule has 29 heavy (non-hydrogen) atoms. The van der Waals surface area contributed by atoms with Crippen LogP contribution < -0.4 is 16.8 Å². The molecule has 2 saturated heterocycles. The van der Waals surface area contributed by atoms with Gasteiger partial charge in [0.2, 0.25) is 23.6 Å². The van der Waals surface area contributed by atoms with Crippen LogP contribution in [0.5, 0.6) is 0 Å². The van der Waals surface area contributed by atoms with Crippen molar-refractivity contribution < 1.29 is 29.4 Å². The zero-order valence-corrected chi connectivity index (χ0v) is 16.8. The van der Waals surface area contributed by atoms with Crippen molar-refractivity contribution in [3.63, 3.8) is 0 Å². The minimum atomic E-state index is -1.26. The monoisotopic (exact) mass is 413 g/mol. The minimum absolute atomic E-state index is 0.341. The number of likely N-dealkylation sites (tertiary alicyclic amines) is 2. The molecule has 11 heteroatoms. The molecule has 6 atom stereocenters. The third-order valence-corrected chi connectivity index (χ3v) is 5.55. The largest absolute Gasteiger partial charge is 0.391 e. The Morgan fingerprint density at radius 3 is 2.03 bits per heavy atom. The fourth-order valence-corrected chi connectivity index (χ4v) is 3.86. The van der Waals surface area contributed by atoms with Crippen LogP contribution in [0.4, 0.5) is 0 Å². The summed E-state index contributed by atoms with van der Waals surface area (Å²) in [5.74, 6) is -2.31. The maximum atomic E-state index is 13.1. The van der Waals surface area contributed by atoms with Crippen LogP contribution in [-0.4, -0.2) is 93.1 Å². The molecule has 2 heterocycles. The Hall–Kier alpha value is -2.24. The van der Waals surface area contributed by atoms with Gasteiger partial charge in [-0.3, -0.25) is 19.2 Å². The van der Waals surface area contributed by atoms with Gasteiger partial charge >= 0.3 is 0 Å². The molecular weight excluding hydrogens is 382 g/mol. The Balaban J connectivity index is 2.11. The Labute approximate surface area is 169 Å². The summed E-state index contributed by atoms with van der Waals surface area (Å²) in [6, 6.07) is -3.94. The molecule has 4 unspecified atom stereocenters. The third kappa shape index (κ3) is 5.03. The van der Waals surface area contributed by atoms with Gasteiger partial charge in [-0.1, -0.05) is 0 Å². The van der Waals surface area contributed by atoms with Gasteiger partial charge < -0.3 is 36.8 Å². The molecule has 2 fully saturated rings. The van der Waals surface area contributed by atoms with Gasteiger partial charge in [0.1, 0.15) is 24.2 Å². The molecule has 0 saturated carbocycles. The fourth-order valence-electron chi connectivity index (χ4n) is 3.86. The van der Waals surface area contributed by atoms with Gasteiger partial charge in [0.15, 0.2) is 0 Å². The van der Waals surface area contributed by atoms with E-state index >= 15 is 0 Å². The number of rotatable bonds is 7. The van der Waals surface area contributed by atoms with Crippen LogP contribution in [0.3, 0.4) is 0 Å². The van der Waals surface area contributed by atoms with Crippen molar-refractivity contribution in [1.82, 2.24) is 15.1 Å². The topological polar surface area (TPSA) is 179 Å². The van der Waals surface area contributed by atoms with Crippen LogP contribution in [0.15, 0.2) is 0 Å². The van der Waals surface area contributed by atoms with E-state index in [1.54, 1.807) is 0 Å². The summed E-state index contributed by atoms with van der Waals surface area (Å²) in [5.41, 5.74) is 11.0. The predicted molar refractivity (Wildman–Crippen MR) is 102 cm³/mol. The SMILES string of the molecule is CC(O)[C@H](N)C(=O)N1CCCC1C(=O)N1CCCC1C(=O)N[C@H](C(N)=O)C(C)O. The maximum absolute atomic E-state index is 13.1. The number of carbonyl (C=O) groups is 4. The summed E-state index contributed by atoms with van der Waals surface area (Å²) in [6.07, 6.45) is -0.170. The smallest absolute Gasteiger partial charge is 0.246 e. The standard InChI is InChI=1S/C18H31N5O6/c1-9(24)13(19)18(29)23-8-4-6-12(23)17(28)22-7-3-5-11(22)16(27)21-14(10(2)25)15(20)26/h9-14,24-25H,3-8,19H2,1-2H3,(H2,20,26)(H,21,27)/t9?,10?,11?,12?,13-,14-/m0/s1. The Kier molecular flexibility index (Phi) is 7.55.